The molecule has 2 aromatic carbocycles. The standard InChI is InChI=1S/C21H23Cl3N2O4/c1-12(2)19(26-20(28)14-6-3-4-7-15(14)22)21(29)25-10-13(27)11-30-17-9-5-8-16(23)18(17)24/h3-9,12-13,19,27H,10-11H2,1-2H3,(H,25,29)(H,26,28). The highest BCUT2D eigenvalue weighted by Gasteiger charge is 2.25. The Bertz CT molecular complexity index is 892. The van der Waals surface area contributed by atoms with Crippen LogP contribution in [0.2, 0.25) is 15.1 Å². The molecule has 0 bridgehead atoms. The van der Waals surface area contributed by atoms with Gasteiger partial charge in [0.1, 0.15) is 29.5 Å². The molecule has 2 aromatic rings. The molecule has 0 aliphatic carbocycles. The highest BCUT2D eigenvalue weighted by atomic mass is 35.5. The first-order chi connectivity index (χ1) is 14.2. The Labute approximate surface area is 190 Å². The van der Waals surface area contributed by atoms with E-state index in [1.54, 1.807) is 56.3 Å². The molecular formula is C21H23Cl3N2O4. The first-order valence-electron chi connectivity index (χ1n) is 9.28. The molecule has 0 heterocycles. The van der Waals surface area contributed by atoms with Crippen LogP contribution in [0.15, 0.2) is 42.5 Å². The van der Waals surface area contributed by atoms with Crippen LogP contribution in [0.3, 0.4) is 0 Å². The van der Waals surface area contributed by atoms with E-state index in [1.165, 1.54) is 0 Å². The van der Waals surface area contributed by atoms with Gasteiger partial charge < -0.3 is 20.5 Å². The quantitative estimate of drug-likeness (QED) is 0.514. The van der Waals surface area contributed by atoms with Crippen LogP contribution < -0.4 is 15.4 Å². The second-order valence-corrected chi connectivity index (χ2v) is 8.13. The van der Waals surface area contributed by atoms with E-state index < -0.39 is 24.0 Å². The molecule has 0 aliphatic heterocycles. The summed E-state index contributed by atoms with van der Waals surface area (Å²) in [5.41, 5.74) is 0.282. The molecule has 6 nitrogen and oxygen atoms in total. The average molecular weight is 474 g/mol. The predicted molar refractivity (Wildman–Crippen MR) is 119 cm³/mol. The molecule has 2 unspecified atom stereocenters. The van der Waals surface area contributed by atoms with Gasteiger partial charge in [-0.1, -0.05) is 66.8 Å². The van der Waals surface area contributed by atoms with Crippen molar-refractivity contribution in [1.82, 2.24) is 10.6 Å². The minimum absolute atomic E-state index is 0.0673. The van der Waals surface area contributed by atoms with E-state index in [0.717, 1.165) is 0 Å². The van der Waals surface area contributed by atoms with Gasteiger partial charge in [0, 0.05) is 6.54 Å². The molecule has 0 fully saturated rings. The van der Waals surface area contributed by atoms with Crippen LogP contribution >= 0.6 is 34.8 Å². The average Bonchev–Trinajstić information content (AvgIpc) is 2.71. The summed E-state index contributed by atoms with van der Waals surface area (Å²) < 4.78 is 5.45. The second kappa shape index (κ2) is 11.4. The number of aliphatic hydroxyl groups excluding tert-OH is 1. The zero-order valence-corrected chi connectivity index (χ0v) is 18.8. The van der Waals surface area contributed by atoms with Crippen molar-refractivity contribution >= 4 is 46.6 Å². The smallest absolute Gasteiger partial charge is 0.253 e. The van der Waals surface area contributed by atoms with Gasteiger partial charge in [-0.2, -0.15) is 0 Å². The number of halogens is 3. The maximum atomic E-state index is 12.6. The van der Waals surface area contributed by atoms with Gasteiger partial charge >= 0.3 is 0 Å². The zero-order valence-electron chi connectivity index (χ0n) is 16.5. The largest absolute Gasteiger partial charge is 0.489 e. The van der Waals surface area contributed by atoms with E-state index in [4.69, 9.17) is 39.5 Å². The first kappa shape index (κ1) is 24.3. The second-order valence-electron chi connectivity index (χ2n) is 6.94. The SMILES string of the molecule is CC(C)C(NC(=O)c1ccccc1Cl)C(=O)NCC(O)COc1cccc(Cl)c1Cl. The Hall–Kier alpha value is -1.99. The molecule has 2 atom stereocenters. The molecule has 0 aromatic heterocycles. The zero-order chi connectivity index (χ0) is 22.3. The molecule has 0 aliphatic rings. The number of rotatable bonds is 9. The number of hydrogen-bond donors (Lipinski definition) is 3. The van der Waals surface area contributed by atoms with Gasteiger partial charge in [0.25, 0.3) is 5.91 Å². The molecule has 0 radical (unpaired) electrons. The van der Waals surface area contributed by atoms with Gasteiger partial charge in [-0.05, 0) is 30.2 Å². The number of carbonyl (C=O) groups excluding carboxylic acids is 2. The van der Waals surface area contributed by atoms with Crippen LogP contribution in [-0.2, 0) is 4.79 Å². The topological polar surface area (TPSA) is 87.7 Å². The third-order valence-electron chi connectivity index (χ3n) is 4.21. The number of amides is 2. The monoisotopic (exact) mass is 472 g/mol. The van der Waals surface area contributed by atoms with Crippen molar-refractivity contribution < 1.29 is 19.4 Å². The van der Waals surface area contributed by atoms with Crippen molar-refractivity contribution in [2.24, 2.45) is 5.92 Å². The lowest BCUT2D eigenvalue weighted by Gasteiger charge is -2.23. The molecule has 0 saturated carbocycles. The fraction of sp³-hybridized carbons (Fsp3) is 0.333. The number of aliphatic hydroxyl groups is 1. The maximum absolute atomic E-state index is 12.6. The Morgan fingerprint density at radius 1 is 1.03 bits per heavy atom. The van der Waals surface area contributed by atoms with Gasteiger partial charge in [-0.3, -0.25) is 9.59 Å². The molecule has 2 rings (SSSR count). The van der Waals surface area contributed by atoms with Crippen LogP contribution in [0.5, 0.6) is 5.75 Å². The van der Waals surface area contributed by atoms with Crippen LogP contribution in [0.1, 0.15) is 24.2 Å². The summed E-state index contributed by atoms with van der Waals surface area (Å²) in [4.78, 5) is 25.0. The minimum atomic E-state index is -0.990. The molecule has 162 valence electrons. The van der Waals surface area contributed by atoms with E-state index >= 15 is 0 Å². The summed E-state index contributed by atoms with van der Waals surface area (Å²) in [5.74, 6) is -0.726. The van der Waals surface area contributed by atoms with Gasteiger partial charge in [0.05, 0.1) is 15.6 Å². The van der Waals surface area contributed by atoms with Crippen LogP contribution in [0.25, 0.3) is 0 Å². The Morgan fingerprint density at radius 2 is 1.70 bits per heavy atom. The minimum Gasteiger partial charge on any atom is -0.489 e. The molecule has 9 heteroatoms. The van der Waals surface area contributed by atoms with Crippen LogP contribution in [0.4, 0.5) is 0 Å². The number of nitrogens with one attached hydrogen (secondary N) is 2. The van der Waals surface area contributed by atoms with Gasteiger partial charge in [-0.25, -0.2) is 0 Å². The summed E-state index contributed by atoms with van der Waals surface area (Å²) >= 11 is 18.0. The van der Waals surface area contributed by atoms with Crippen molar-refractivity contribution in [2.75, 3.05) is 13.2 Å². The number of ether oxygens (including phenoxy) is 1. The van der Waals surface area contributed by atoms with Crippen molar-refractivity contribution in [3.8, 4) is 5.75 Å². The van der Waals surface area contributed by atoms with Crippen molar-refractivity contribution in [2.45, 2.75) is 26.0 Å². The summed E-state index contributed by atoms with van der Waals surface area (Å²) in [6, 6.07) is 10.7. The van der Waals surface area contributed by atoms with E-state index in [2.05, 4.69) is 10.6 Å². The van der Waals surface area contributed by atoms with E-state index in [1.807, 2.05) is 0 Å². The van der Waals surface area contributed by atoms with Gasteiger partial charge in [-0.15, -0.1) is 0 Å². The molecule has 2 amide bonds. The summed E-state index contributed by atoms with van der Waals surface area (Å²) in [6.07, 6.45) is -0.990. The van der Waals surface area contributed by atoms with E-state index in [0.29, 0.717) is 15.8 Å². The van der Waals surface area contributed by atoms with Crippen LogP contribution in [-0.4, -0.2) is 42.2 Å². The van der Waals surface area contributed by atoms with Crippen molar-refractivity contribution in [3.63, 3.8) is 0 Å². The number of benzene rings is 2. The molecular weight excluding hydrogens is 451 g/mol. The summed E-state index contributed by atoms with van der Waals surface area (Å²) in [6.45, 7) is 3.44. The molecule has 0 saturated heterocycles. The van der Waals surface area contributed by atoms with Crippen molar-refractivity contribution in [1.29, 1.82) is 0 Å². The van der Waals surface area contributed by atoms with E-state index in [9.17, 15) is 14.7 Å². The Kier molecular flexibility index (Phi) is 9.24. The maximum Gasteiger partial charge on any atom is 0.253 e. The Balaban J connectivity index is 1.89. The fourth-order valence-corrected chi connectivity index (χ4v) is 3.14. The number of hydrogen-bond acceptors (Lipinski definition) is 4. The third-order valence-corrected chi connectivity index (χ3v) is 5.34. The van der Waals surface area contributed by atoms with E-state index in [-0.39, 0.29) is 29.7 Å². The third kappa shape index (κ3) is 6.77. The highest BCUT2D eigenvalue weighted by Crippen LogP contribution is 2.31. The first-order valence-corrected chi connectivity index (χ1v) is 10.4. The highest BCUT2D eigenvalue weighted by molar-refractivity contribution is 6.42. The normalized spacial score (nSPS) is 12.9. The lowest BCUT2D eigenvalue weighted by molar-refractivity contribution is -0.124. The molecule has 3 N–H and O–H groups in total. The Morgan fingerprint density at radius 3 is 2.37 bits per heavy atom. The van der Waals surface area contributed by atoms with Crippen LogP contribution in [0, 0.1) is 5.92 Å². The van der Waals surface area contributed by atoms with Crippen molar-refractivity contribution in [3.05, 3.63) is 63.1 Å². The van der Waals surface area contributed by atoms with Gasteiger partial charge in [0.2, 0.25) is 5.91 Å². The lowest BCUT2D eigenvalue weighted by atomic mass is 10.0. The molecule has 0 spiro atoms. The molecule has 30 heavy (non-hydrogen) atoms. The van der Waals surface area contributed by atoms with Gasteiger partial charge in [0.15, 0.2) is 0 Å². The summed E-state index contributed by atoms with van der Waals surface area (Å²) in [7, 11) is 0. The number of carbonyl (C=O) groups is 2. The fourth-order valence-electron chi connectivity index (χ4n) is 2.57. The lowest BCUT2D eigenvalue weighted by Crippen LogP contribution is -2.51. The predicted octanol–water partition coefficient (Wildman–Crippen LogP) is 3.96. The summed E-state index contributed by atoms with van der Waals surface area (Å²) in [5, 5.41) is 16.3.